The van der Waals surface area contributed by atoms with Crippen molar-refractivity contribution < 1.29 is 24.2 Å². The quantitative estimate of drug-likeness (QED) is 0.800. The summed E-state index contributed by atoms with van der Waals surface area (Å²) >= 11 is 0. The van der Waals surface area contributed by atoms with Gasteiger partial charge in [0.05, 0.1) is 6.61 Å². The predicted octanol–water partition coefficient (Wildman–Crippen LogP) is 1.56. The summed E-state index contributed by atoms with van der Waals surface area (Å²) < 4.78 is 10.5. The van der Waals surface area contributed by atoms with Crippen LogP contribution in [0.1, 0.15) is 40.5 Å². The maximum Gasteiger partial charge on any atom is 0.411 e. The zero-order chi connectivity index (χ0) is 15.8. The summed E-state index contributed by atoms with van der Waals surface area (Å²) in [5.74, 6) is -0.323. The van der Waals surface area contributed by atoms with Gasteiger partial charge in [-0.3, -0.25) is 4.90 Å². The summed E-state index contributed by atoms with van der Waals surface area (Å²) in [5.41, 5.74) is -0.927. The lowest BCUT2D eigenvalue weighted by Gasteiger charge is -2.29. The minimum atomic E-state index is -0.635. The van der Waals surface area contributed by atoms with Crippen LogP contribution >= 0.6 is 0 Å². The summed E-state index contributed by atoms with van der Waals surface area (Å²) in [6.07, 6.45) is 0.980. The van der Waals surface area contributed by atoms with E-state index in [2.05, 4.69) is 0 Å². The van der Waals surface area contributed by atoms with Crippen LogP contribution in [0.15, 0.2) is 0 Å². The number of aliphatic hydroxyl groups excluding tert-OH is 1. The Hall–Kier alpha value is -1.30. The molecule has 2 aliphatic rings. The molecule has 0 aromatic carbocycles. The number of esters is 1. The van der Waals surface area contributed by atoms with E-state index >= 15 is 0 Å². The van der Waals surface area contributed by atoms with Gasteiger partial charge >= 0.3 is 12.1 Å². The third-order valence-electron chi connectivity index (χ3n) is 4.31. The van der Waals surface area contributed by atoms with Crippen LogP contribution in [0.2, 0.25) is 0 Å². The molecular formula is C15H25NO5. The molecular weight excluding hydrogens is 274 g/mol. The van der Waals surface area contributed by atoms with Gasteiger partial charge in [0.2, 0.25) is 0 Å². The molecule has 1 heterocycles. The second-order valence-corrected chi connectivity index (χ2v) is 6.90. The molecule has 1 N–H and O–H groups in total. The molecule has 0 aromatic heterocycles. The molecule has 1 saturated carbocycles. The molecule has 1 spiro atoms. The SMILES string of the molecule is CCOC(=O)C1N(C(=O)OC(C)(C)C)CCC12CC2CO. The third kappa shape index (κ3) is 3.00. The van der Waals surface area contributed by atoms with Crippen molar-refractivity contribution in [3.8, 4) is 0 Å². The van der Waals surface area contributed by atoms with Crippen molar-refractivity contribution in [2.45, 2.75) is 52.2 Å². The van der Waals surface area contributed by atoms with E-state index in [0.717, 1.165) is 6.42 Å². The minimum Gasteiger partial charge on any atom is -0.464 e. The molecule has 120 valence electrons. The first-order chi connectivity index (χ1) is 9.75. The number of aliphatic hydroxyl groups is 1. The fourth-order valence-electron chi connectivity index (χ4n) is 3.29. The summed E-state index contributed by atoms with van der Waals surface area (Å²) in [6.45, 7) is 7.91. The highest BCUT2D eigenvalue weighted by atomic mass is 16.6. The van der Waals surface area contributed by atoms with Crippen molar-refractivity contribution in [2.75, 3.05) is 19.8 Å². The smallest absolute Gasteiger partial charge is 0.411 e. The molecule has 1 aliphatic carbocycles. The number of hydrogen-bond donors (Lipinski definition) is 1. The molecule has 1 saturated heterocycles. The molecule has 1 amide bonds. The Morgan fingerprint density at radius 2 is 2.05 bits per heavy atom. The summed E-state index contributed by atoms with van der Waals surface area (Å²) in [6, 6.07) is -0.635. The molecule has 21 heavy (non-hydrogen) atoms. The molecule has 0 bridgehead atoms. The normalized spacial score (nSPS) is 31.4. The zero-order valence-corrected chi connectivity index (χ0v) is 13.2. The van der Waals surface area contributed by atoms with E-state index in [9.17, 15) is 14.7 Å². The Labute approximate surface area is 125 Å². The van der Waals surface area contributed by atoms with Crippen molar-refractivity contribution in [2.24, 2.45) is 11.3 Å². The first-order valence-electron chi connectivity index (χ1n) is 7.52. The highest BCUT2D eigenvalue weighted by Crippen LogP contribution is 2.62. The van der Waals surface area contributed by atoms with Gasteiger partial charge < -0.3 is 14.6 Å². The Morgan fingerprint density at radius 3 is 2.52 bits per heavy atom. The highest BCUT2D eigenvalue weighted by Gasteiger charge is 2.67. The van der Waals surface area contributed by atoms with Crippen LogP contribution in [-0.2, 0) is 14.3 Å². The van der Waals surface area contributed by atoms with Crippen LogP contribution in [-0.4, -0.2) is 53.5 Å². The molecule has 3 atom stereocenters. The first-order valence-corrected chi connectivity index (χ1v) is 7.52. The van der Waals surface area contributed by atoms with Gasteiger partial charge in [0.1, 0.15) is 11.6 Å². The van der Waals surface area contributed by atoms with Gasteiger partial charge in [-0.15, -0.1) is 0 Å². The van der Waals surface area contributed by atoms with Gasteiger partial charge in [-0.2, -0.15) is 0 Å². The molecule has 2 rings (SSSR count). The highest BCUT2D eigenvalue weighted by molar-refractivity contribution is 5.84. The molecule has 0 aromatic rings. The number of carbonyl (C=O) groups excluding carboxylic acids is 2. The number of rotatable bonds is 3. The van der Waals surface area contributed by atoms with Gasteiger partial charge in [-0.1, -0.05) is 0 Å². The Morgan fingerprint density at radius 1 is 1.38 bits per heavy atom. The van der Waals surface area contributed by atoms with E-state index in [0.29, 0.717) is 13.0 Å². The lowest BCUT2D eigenvalue weighted by atomic mass is 9.94. The second kappa shape index (κ2) is 5.48. The minimum absolute atomic E-state index is 0.0397. The van der Waals surface area contributed by atoms with Crippen molar-refractivity contribution in [3.63, 3.8) is 0 Å². The predicted molar refractivity (Wildman–Crippen MR) is 75.6 cm³/mol. The number of amides is 1. The molecule has 0 radical (unpaired) electrons. The molecule has 6 heteroatoms. The van der Waals surface area contributed by atoms with E-state index < -0.39 is 23.7 Å². The summed E-state index contributed by atoms with van der Waals surface area (Å²) in [4.78, 5) is 26.1. The second-order valence-electron chi connectivity index (χ2n) is 6.90. The maximum atomic E-state index is 12.3. The first kappa shape index (κ1) is 16.1. The number of carbonyl (C=O) groups is 2. The monoisotopic (exact) mass is 299 g/mol. The van der Waals surface area contributed by atoms with E-state index in [1.807, 2.05) is 0 Å². The number of likely N-dealkylation sites (tertiary alicyclic amines) is 1. The Bertz CT molecular complexity index is 430. The average Bonchev–Trinajstić information content (AvgIpc) is 2.91. The van der Waals surface area contributed by atoms with Crippen LogP contribution in [0, 0.1) is 11.3 Å². The van der Waals surface area contributed by atoms with Crippen LogP contribution in [0.25, 0.3) is 0 Å². The van der Waals surface area contributed by atoms with Gasteiger partial charge in [-0.25, -0.2) is 9.59 Å². The topological polar surface area (TPSA) is 76.1 Å². The van der Waals surface area contributed by atoms with Crippen molar-refractivity contribution in [1.29, 1.82) is 0 Å². The average molecular weight is 299 g/mol. The van der Waals surface area contributed by atoms with Gasteiger partial charge in [0.15, 0.2) is 0 Å². The number of ether oxygens (including phenoxy) is 2. The fourth-order valence-corrected chi connectivity index (χ4v) is 3.29. The summed E-state index contributed by atoms with van der Waals surface area (Å²) in [7, 11) is 0. The van der Waals surface area contributed by atoms with Crippen molar-refractivity contribution >= 4 is 12.1 Å². The third-order valence-corrected chi connectivity index (χ3v) is 4.31. The van der Waals surface area contributed by atoms with E-state index in [-0.39, 0.29) is 24.5 Å². The molecule has 3 unspecified atom stereocenters. The molecule has 1 aliphatic heterocycles. The molecule has 2 fully saturated rings. The zero-order valence-electron chi connectivity index (χ0n) is 13.2. The lowest BCUT2D eigenvalue weighted by Crippen LogP contribution is -2.47. The van der Waals surface area contributed by atoms with E-state index in [1.165, 1.54) is 4.90 Å². The Kier molecular flexibility index (Phi) is 4.19. The Balaban J connectivity index is 2.17. The van der Waals surface area contributed by atoms with Gasteiger partial charge in [0.25, 0.3) is 0 Å². The summed E-state index contributed by atoms with van der Waals surface area (Å²) in [5, 5.41) is 9.39. The van der Waals surface area contributed by atoms with Crippen LogP contribution in [0.5, 0.6) is 0 Å². The van der Waals surface area contributed by atoms with Crippen LogP contribution in [0.4, 0.5) is 4.79 Å². The largest absolute Gasteiger partial charge is 0.464 e. The van der Waals surface area contributed by atoms with Crippen molar-refractivity contribution in [1.82, 2.24) is 4.90 Å². The van der Waals surface area contributed by atoms with Gasteiger partial charge in [-0.05, 0) is 46.5 Å². The lowest BCUT2D eigenvalue weighted by molar-refractivity contribution is -0.150. The standard InChI is InChI=1S/C15H25NO5/c1-5-20-12(18)11-15(8-10(15)9-17)6-7-16(11)13(19)21-14(2,3)4/h10-11,17H,5-9H2,1-4H3. The van der Waals surface area contributed by atoms with E-state index in [1.54, 1.807) is 27.7 Å². The number of hydrogen-bond acceptors (Lipinski definition) is 5. The van der Waals surface area contributed by atoms with E-state index in [4.69, 9.17) is 9.47 Å². The number of nitrogens with zero attached hydrogens (tertiary/aromatic N) is 1. The van der Waals surface area contributed by atoms with Crippen LogP contribution < -0.4 is 0 Å². The fraction of sp³-hybridized carbons (Fsp3) is 0.867. The van der Waals surface area contributed by atoms with Crippen molar-refractivity contribution in [3.05, 3.63) is 0 Å². The maximum absolute atomic E-state index is 12.3. The van der Waals surface area contributed by atoms with Gasteiger partial charge in [0, 0.05) is 18.6 Å². The van der Waals surface area contributed by atoms with Crippen LogP contribution in [0.3, 0.4) is 0 Å². The molecule has 6 nitrogen and oxygen atoms in total.